The monoisotopic (exact) mass is 280 g/mol. The quantitative estimate of drug-likeness (QED) is 0.885. The third-order valence-corrected chi connectivity index (χ3v) is 3.41. The molecule has 1 unspecified atom stereocenters. The number of nitrogens with one attached hydrogen (secondary N) is 1. The number of carboxylic acids is 1. The van der Waals surface area contributed by atoms with E-state index in [1.807, 2.05) is 36.3 Å². The Labute approximate surface area is 117 Å². The van der Waals surface area contributed by atoms with Crippen LogP contribution >= 0.6 is 11.6 Å². The Morgan fingerprint density at radius 2 is 2.26 bits per heavy atom. The van der Waals surface area contributed by atoms with Gasteiger partial charge in [-0.15, -0.1) is 0 Å². The van der Waals surface area contributed by atoms with Gasteiger partial charge in [0.05, 0.1) is 5.92 Å². The number of fused-ring (bicyclic) bond motifs is 1. The minimum Gasteiger partial charge on any atom is -0.481 e. The van der Waals surface area contributed by atoms with Gasteiger partial charge in [0.2, 0.25) is 0 Å². The second-order valence-corrected chi connectivity index (χ2v) is 5.38. The zero-order valence-corrected chi connectivity index (χ0v) is 11.7. The topological polar surface area (TPSA) is 56.3 Å². The number of aromatic amines is 1. The van der Waals surface area contributed by atoms with Crippen molar-refractivity contribution in [1.82, 2.24) is 9.88 Å². The largest absolute Gasteiger partial charge is 0.481 e. The summed E-state index contributed by atoms with van der Waals surface area (Å²) < 4.78 is 0. The molecule has 0 saturated heterocycles. The summed E-state index contributed by atoms with van der Waals surface area (Å²) in [6.07, 6.45) is 1.95. The zero-order valence-electron chi connectivity index (χ0n) is 11.0. The van der Waals surface area contributed by atoms with Crippen molar-refractivity contribution in [3.05, 3.63) is 35.0 Å². The van der Waals surface area contributed by atoms with Gasteiger partial charge in [-0.1, -0.05) is 24.6 Å². The van der Waals surface area contributed by atoms with E-state index in [4.69, 9.17) is 16.7 Å². The van der Waals surface area contributed by atoms with Gasteiger partial charge in [-0.2, -0.15) is 0 Å². The first kappa shape index (κ1) is 13.9. The lowest BCUT2D eigenvalue weighted by atomic mass is 10.1. The molecule has 0 spiro atoms. The van der Waals surface area contributed by atoms with Crippen LogP contribution in [0.15, 0.2) is 24.4 Å². The highest BCUT2D eigenvalue weighted by molar-refractivity contribution is 6.31. The lowest BCUT2D eigenvalue weighted by Crippen LogP contribution is -2.28. The van der Waals surface area contributed by atoms with Crippen molar-refractivity contribution in [1.29, 1.82) is 0 Å². The SMILES string of the molecule is CC(CN(C)Cc1c[nH]c2cc(Cl)ccc12)C(=O)O. The molecule has 102 valence electrons. The van der Waals surface area contributed by atoms with Crippen LogP contribution in [0, 0.1) is 5.92 Å². The number of benzene rings is 1. The lowest BCUT2D eigenvalue weighted by Gasteiger charge is -2.18. The van der Waals surface area contributed by atoms with Crippen LogP contribution in [0.5, 0.6) is 0 Å². The van der Waals surface area contributed by atoms with E-state index in [-0.39, 0.29) is 5.92 Å². The van der Waals surface area contributed by atoms with Gasteiger partial charge in [-0.05, 0) is 24.7 Å². The molecule has 0 aliphatic carbocycles. The van der Waals surface area contributed by atoms with E-state index >= 15 is 0 Å². The molecule has 5 heteroatoms. The second kappa shape index (κ2) is 5.63. The molecule has 1 atom stereocenters. The van der Waals surface area contributed by atoms with Crippen molar-refractivity contribution in [3.63, 3.8) is 0 Å². The highest BCUT2D eigenvalue weighted by atomic mass is 35.5. The van der Waals surface area contributed by atoms with E-state index in [0.717, 1.165) is 16.5 Å². The fourth-order valence-electron chi connectivity index (χ4n) is 2.19. The minimum atomic E-state index is -0.766. The fraction of sp³-hybridized carbons (Fsp3) is 0.357. The summed E-state index contributed by atoms with van der Waals surface area (Å²) in [4.78, 5) is 16.0. The maximum absolute atomic E-state index is 10.8. The Morgan fingerprint density at radius 1 is 1.53 bits per heavy atom. The summed E-state index contributed by atoms with van der Waals surface area (Å²) in [5.41, 5.74) is 2.15. The summed E-state index contributed by atoms with van der Waals surface area (Å²) in [6.45, 7) is 2.95. The first-order chi connectivity index (χ1) is 8.97. The van der Waals surface area contributed by atoms with Gasteiger partial charge in [0.15, 0.2) is 0 Å². The van der Waals surface area contributed by atoms with Crippen molar-refractivity contribution < 1.29 is 9.90 Å². The molecule has 4 nitrogen and oxygen atoms in total. The van der Waals surface area contributed by atoms with Gasteiger partial charge < -0.3 is 15.0 Å². The number of H-pyrrole nitrogens is 1. The second-order valence-electron chi connectivity index (χ2n) is 4.94. The molecule has 1 aromatic carbocycles. The Hall–Kier alpha value is -1.52. The Balaban J connectivity index is 2.11. The first-order valence-corrected chi connectivity index (χ1v) is 6.52. The first-order valence-electron chi connectivity index (χ1n) is 6.14. The number of halogens is 1. The van der Waals surface area contributed by atoms with Crippen LogP contribution in [0.2, 0.25) is 5.02 Å². The van der Waals surface area contributed by atoms with Crippen LogP contribution in [-0.4, -0.2) is 34.6 Å². The Bertz CT molecular complexity index is 594. The number of hydrogen-bond acceptors (Lipinski definition) is 2. The minimum absolute atomic E-state index is 0.371. The molecule has 1 heterocycles. The van der Waals surface area contributed by atoms with Crippen molar-refractivity contribution >= 4 is 28.5 Å². The number of rotatable bonds is 5. The van der Waals surface area contributed by atoms with E-state index < -0.39 is 5.97 Å². The van der Waals surface area contributed by atoms with Gasteiger partial charge in [-0.3, -0.25) is 4.79 Å². The maximum Gasteiger partial charge on any atom is 0.307 e. The smallest absolute Gasteiger partial charge is 0.307 e. The molecule has 19 heavy (non-hydrogen) atoms. The van der Waals surface area contributed by atoms with Crippen molar-refractivity contribution in [2.75, 3.05) is 13.6 Å². The normalized spacial score (nSPS) is 13.1. The Morgan fingerprint density at radius 3 is 2.95 bits per heavy atom. The molecular weight excluding hydrogens is 264 g/mol. The van der Waals surface area contributed by atoms with E-state index in [2.05, 4.69) is 4.98 Å². The van der Waals surface area contributed by atoms with Crippen LogP contribution in [-0.2, 0) is 11.3 Å². The highest BCUT2D eigenvalue weighted by Crippen LogP contribution is 2.23. The van der Waals surface area contributed by atoms with Crippen molar-refractivity contribution in [3.8, 4) is 0 Å². The average molecular weight is 281 g/mol. The van der Waals surface area contributed by atoms with Crippen molar-refractivity contribution in [2.24, 2.45) is 5.92 Å². The lowest BCUT2D eigenvalue weighted by molar-refractivity contribution is -0.141. The number of carbonyl (C=O) groups is 1. The third-order valence-electron chi connectivity index (χ3n) is 3.18. The summed E-state index contributed by atoms with van der Waals surface area (Å²) in [5, 5.41) is 10.7. The summed E-state index contributed by atoms with van der Waals surface area (Å²) in [6, 6.07) is 5.74. The van der Waals surface area contributed by atoms with Crippen LogP contribution in [0.25, 0.3) is 10.9 Å². The molecule has 2 aromatic rings. The number of carboxylic acid groups (broad SMARTS) is 1. The van der Waals surface area contributed by atoms with Crippen molar-refractivity contribution in [2.45, 2.75) is 13.5 Å². The molecule has 0 radical (unpaired) electrons. The molecular formula is C14H17ClN2O2. The average Bonchev–Trinajstić information content (AvgIpc) is 2.71. The molecule has 0 bridgehead atoms. The molecule has 0 saturated carbocycles. The molecule has 1 aromatic heterocycles. The standard InChI is InChI=1S/C14H17ClN2O2/c1-9(14(18)19)7-17(2)8-10-6-16-13-5-11(15)3-4-12(10)13/h3-6,9,16H,7-8H2,1-2H3,(H,18,19). The summed E-state index contributed by atoms with van der Waals surface area (Å²) in [5.74, 6) is -1.14. The Kier molecular flexibility index (Phi) is 4.12. The van der Waals surface area contributed by atoms with Gasteiger partial charge in [0, 0.05) is 35.2 Å². The number of aromatic nitrogens is 1. The predicted octanol–water partition coefficient (Wildman–Crippen LogP) is 2.97. The van der Waals surface area contributed by atoms with Crippen LogP contribution in [0.4, 0.5) is 0 Å². The van der Waals surface area contributed by atoms with Gasteiger partial charge in [0.1, 0.15) is 0 Å². The van der Waals surface area contributed by atoms with Crippen LogP contribution < -0.4 is 0 Å². The molecule has 2 rings (SSSR count). The van der Waals surface area contributed by atoms with Gasteiger partial charge >= 0.3 is 5.97 Å². The fourth-order valence-corrected chi connectivity index (χ4v) is 2.36. The summed E-state index contributed by atoms with van der Waals surface area (Å²) in [7, 11) is 1.92. The molecule has 2 N–H and O–H groups in total. The van der Waals surface area contributed by atoms with Gasteiger partial charge in [0.25, 0.3) is 0 Å². The van der Waals surface area contributed by atoms with E-state index in [9.17, 15) is 4.79 Å². The van der Waals surface area contributed by atoms with E-state index in [1.165, 1.54) is 0 Å². The maximum atomic E-state index is 10.8. The van der Waals surface area contributed by atoms with Crippen LogP contribution in [0.1, 0.15) is 12.5 Å². The zero-order chi connectivity index (χ0) is 14.0. The number of hydrogen-bond donors (Lipinski definition) is 2. The van der Waals surface area contributed by atoms with E-state index in [1.54, 1.807) is 6.92 Å². The summed E-state index contributed by atoms with van der Waals surface area (Å²) >= 11 is 5.94. The molecule has 0 fully saturated rings. The highest BCUT2D eigenvalue weighted by Gasteiger charge is 2.14. The van der Waals surface area contributed by atoms with E-state index in [0.29, 0.717) is 18.1 Å². The molecule has 0 amide bonds. The molecule has 0 aliphatic heterocycles. The number of nitrogens with zero attached hydrogens (tertiary/aromatic N) is 1. The third kappa shape index (κ3) is 3.28. The van der Waals surface area contributed by atoms with Crippen LogP contribution in [0.3, 0.4) is 0 Å². The molecule has 0 aliphatic rings. The number of aliphatic carboxylic acids is 1. The predicted molar refractivity (Wildman–Crippen MR) is 76.4 cm³/mol. The van der Waals surface area contributed by atoms with Gasteiger partial charge in [-0.25, -0.2) is 0 Å².